The molecule has 274 valence electrons. The van der Waals surface area contributed by atoms with Crippen LogP contribution in [0.5, 0.6) is 0 Å². The number of rotatable bonds is 18. The molecule has 0 unspecified atom stereocenters. The molecule has 0 saturated heterocycles. The van der Waals surface area contributed by atoms with Crippen LogP contribution >= 0.6 is 0 Å². The van der Waals surface area contributed by atoms with Crippen LogP contribution in [0.15, 0.2) is 150 Å². The lowest BCUT2D eigenvalue weighted by atomic mass is 10.0. The number of nitrogens with one attached hydrogen (secondary N) is 1. The molecule has 0 aliphatic heterocycles. The molecule has 0 amide bonds. The molecule has 5 aromatic carbocycles. The minimum absolute atomic E-state index is 0.0356. The number of benzene rings is 5. The second kappa shape index (κ2) is 18.2. The van der Waals surface area contributed by atoms with E-state index in [4.69, 9.17) is 13.9 Å². The van der Waals surface area contributed by atoms with Gasteiger partial charge in [-0.3, -0.25) is 0 Å². The summed E-state index contributed by atoms with van der Waals surface area (Å²) >= 11 is 0. The fourth-order valence-electron chi connectivity index (χ4n) is 6.58. The Morgan fingerprint density at radius 3 is 1.67 bits per heavy atom. The summed E-state index contributed by atoms with van der Waals surface area (Å²) in [5, 5.41) is 14.1. The predicted octanol–water partition coefficient (Wildman–Crippen LogP) is 6.77. The lowest BCUT2D eigenvalue weighted by Gasteiger charge is -2.43. The van der Waals surface area contributed by atoms with Gasteiger partial charge in [0.25, 0.3) is 8.32 Å². The number of aliphatic hydroxyl groups is 1. The SMILES string of the molecule is Cc1ccc(S(=O)(=O)N[C@@H](COCc2ccccc2)[C@H](OCc2ccccc2)[C@H](O)CCO[Si](c2ccccc2)(c2ccccc2)C(C)(C)C)cc1. The van der Waals surface area contributed by atoms with E-state index in [1.807, 2.05) is 104 Å². The van der Waals surface area contributed by atoms with Gasteiger partial charge in [0.15, 0.2) is 0 Å². The molecule has 52 heavy (non-hydrogen) atoms. The average Bonchev–Trinajstić information content (AvgIpc) is 3.14. The molecule has 0 spiro atoms. The van der Waals surface area contributed by atoms with Crippen molar-refractivity contribution in [3.8, 4) is 0 Å². The summed E-state index contributed by atoms with van der Waals surface area (Å²) in [6, 6.07) is 45.8. The largest absolute Gasteiger partial charge is 0.407 e. The first-order valence-corrected chi connectivity index (χ1v) is 21.2. The van der Waals surface area contributed by atoms with Gasteiger partial charge < -0.3 is 19.0 Å². The number of hydrogen-bond acceptors (Lipinski definition) is 6. The maximum absolute atomic E-state index is 13.8. The molecule has 0 aliphatic rings. The maximum atomic E-state index is 13.8. The van der Waals surface area contributed by atoms with Crippen LogP contribution < -0.4 is 15.1 Å². The molecule has 0 fully saturated rings. The van der Waals surface area contributed by atoms with Crippen LogP contribution in [-0.2, 0) is 37.1 Å². The minimum Gasteiger partial charge on any atom is -0.407 e. The van der Waals surface area contributed by atoms with Gasteiger partial charge in [0.1, 0.15) is 6.10 Å². The van der Waals surface area contributed by atoms with E-state index in [2.05, 4.69) is 49.8 Å². The van der Waals surface area contributed by atoms with Crippen LogP contribution in [0.3, 0.4) is 0 Å². The van der Waals surface area contributed by atoms with Crippen molar-refractivity contribution < 1.29 is 27.4 Å². The van der Waals surface area contributed by atoms with E-state index in [0.29, 0.717) is 0 Å². The van der Waals surface area contributed by atoms with Gasteiger partial charge in [0, 0.05) is 6.61 Å². The zero-order valence-corrected chi connectivity index (χ0v) is 32.3. The number of ether oxygens (including phenoxy) is 2. The van der Waals surface area contributed by atoms with Gasteiger partial charge in [-0.1, -0.05) is 160 Å². The molecule has 0 radical (unpaired) electrons. The quantitative estimate of drug-likeness (QED) is 0.0965. The van der Waals surface area contributed by atoms with Crippen molar-refractivity contribution in [3.63, 3.8) is 0 Å². The molecular formula is C43H51NO6SSi. The Balaban J connectivity index is 1.45. The fourth-order valence-corrected chi connectivity index (χ4v) is 12.4. The van der Waals surface area contributed by atoms with E-state index in [1.54, 1.807) is 24.3 Å². The molecule has 3 atom stereocenters. The van der Waals surface area contributed by atoms with Crippen molar-refractivity contribution >= 4 is 28.7 Å². The molecule has 5 rings (SSSR count). The van der Waals surface area contributed by atoms with Gasteiger partial charge in [0.05, 0.1) is 36.9 Å². The molecule has 0 aliphatic carbocycles. The van der Waals surface area contributed by atoms with Crippen molar-refractivity contribution in [2.45, 2.75) is 75.5 Å². The highest BCUT2D eigenvalue weighted by molar-refractivity contribution is 7.89. The Morgan fingerprint density at radius 2 is 1.17 bits per heavy atom. The molecule has 9 heteroatoms. The predicted molar refractivity (Wildman–Crippen MR) is 211 cm³/mol. The summed E-state index contributed by atoms with van der Waals surface area (Å²) in [6.07, 6.45) is -1.88. The van der Waals surface area contributed by atoms with E-state index in [0.717, 1.165) is 27.1 Å². The van der Waals surface area contributed by atoms with Gasteiger partial charge in [-0.15, -0.1) is 0 Å². The van der Waals surface area contributed by atoms with Crippen molar-refractivity contribution in [1.29, 1.82) is 0 Å². The van der Waals surface area contributed by atoms with Gasteiger partial charge in [-0.25, -0.2) is 13.1 Å². The van der Waals surface area contributed by atoms with Crippen molar-refractivity contribution in [2.24, 2.45) is 0 Å². The van der Waals surface area contributed by atoms with E-state index in [-0.39, 0.29) is 42.8 Å². The molecule has 0 aromatic heterocycles. The molecule has 5 aromatic rings. The average molecular weight is 738 g/mol. The van der Waals surface area contributed by atoms with Gasteiger partial charge in [0.2, 0.25) is 10.0 Å². The van der Waals surface area contributed by atoms with Crippen LogP contribution in [0.25, 0.3) is 0 Å². The highest BCUT2D eigenvalue weighted by Gasteiger charge is 2.50. The minimum atomic E-state index is -4.01. The first-order chi connectivity index (χ1) is 25.0. The summed E-state index contributed by atoms with van der Waals surface area (Å²) in [5.41, 5.74) is 2.79. The zero-order valence-electron chi connectivity index (χ0n) is 30.5. The van der Waals surface area contributed by atoms with Gasteiger partial charge >= 0.3 is 0 Å². The number of hydrogen-bond donors (Lipinski definition) is 2. The number of sulfonamides is 1. The van der Waals surface area contributed by atoms with Gasteiger partial charge in [-0.2, -0.15) is 0 Å². The second-order valence-electron chi connectivity index (χ2n) is 14.2. The lowest BCUT2D eigenvalue weighted by molar-refractivity contribution is -0.0810. The Hall–Kier alpha value is -3.93. The molecule has 0 bridgehead atoms. The van der Waals surface area contributed by atoms with Crippen molar-refractivity contribution in [1.82, 2.24) is 4.72 Å². The Bertz CT molecular complexity index is 1850. The van der Waals surface area contributed by atoms with Crippen LogP contribution in [0.2, 0.25) is 5.04 Å². The maximum Gasteiger partial charge on any atom is 0.261 e. The third-order valence-electron chi connectivity index (χ3n) is 9.26. The Labute approximate surface area is 310 Å². The highest BCUT2D eigenvalue weighted by Crippen LogP contribution is 2.37. The van der Waals surface area contributed by atoms with E-state index in [1.165, 1.54) is 0 Å². The molecule has 0 heterocycles. The van der Waals surface area contributed by atoms with E-state index < -0.39 is 36.6 Å². The fraction of sp³-hybridized carbons (Fsp3) is 0.302. The smallest absolute Gasteiger partial charge is 0.261 e. The lowest BCUT2D eigenvalue weighted by Crippen LogP contribution is -2.66. The number of aryl methyl sites for hydroxylation is 1. The van der Waals surface area contributed by atoms with Crippen molar-refractivity contribution in [2.75, 3.05) is 13.2 Å². The monoisotopic (exact) mass is 737 g/mol. The van der Waals surface area contributed by atoms with Crippen molar-refractivity contribution in [3.05, 3.63) is 162 Å². The summed E-state index contributed by atoms with van der Waals surface area (Å²) in [4.78, 5) is 0.123. The summed E-state index contributed by atoms with van der Waals surface area (Å²) in [7, 11) is -6.90. The summed E-state index contributed by atoms with van der Waals surface area (Å²) < 4.78 is 50.2. The third kappa shape index (κ3) is 10.1. The topological polar surface area (TPSA) is 94.1 Å². The number of aliphatic hydroxyl groups excluding tert-OH is 1. The molecular weight excluding hydrogens is 687 g/mol. The standard InChI is InChI=1S/C43H51NO6SSi/c1-34-25-27-37(28-26-34)51(46,47)44-40(33-48-31-35-17-9-5-10-18-35)42(49-32-36-19-11-6-12-20-36)41(45)29-30-50-52(43(2,3)4,38-21-13-7-14-22-38)39-23-15-8-16-24-39/h5-28,40-42,44-45H,29-33H2,1-4H3/t40-,41+,42-/m0/s1. The molecule has 0 saturated carbocycles. The molecule has 7 nitrogen and oxygen atoms in total. The Morgan fingerprint density at radius 1 is 0.692 bits per heavy atom. The zero-order chi connectivity index (χ0) is 37.0. The van der Waals surface area contributed by atoms with E-state index in [9.17, 15) is 13.5 Å². The normalized spacial score (nSPS) is 14.1. The van der Waals surface area contributed by atoms with Crippen LogP contribution in [0.1, 0.15) is 43.9 Å². The third-order valence-corrected chi connectivity index (χ3v) is 15.8. The van der Waals surface area contributed by atoms with Crippen LogP contribution in [0, 0.1) is 6.92 Å². The molecule has 2 N–H and O–H groups in total. The van der Waals surface area contributed by atoms with E-state index >= 15 is 0 Å². The summed E-state index contributed by atoms with van der Waals surface area (Å²) in [6.45, 7) is 9.16. The van der Waals surface area contributed by atoms with Crippen LogP contribution in [0.4, 0.5) is 0 Å². The van der Waals surface area contributed by atoms with Crippen LogP contribution in [-0.4, -0.2) is 53.3 Å². The van der Waals surface area contributed by atoms with Gasteiger partial charge in [-0.05, 0) is 52.0 Å². The first-order valence-electron chi connectivity index (χ1n) is 17.8. The Kier molecular flexibility index (Phi) is 13.8. The second-order valence-corrected chi connectivity index (χ2v) is 20.2. The summed E-state index contributed by atoms with van der Waals surface area (Å²) in [5.74, 6) is 0. The first kappa shape index (κ1) is 39.3. The highest BCUT2D eigenvalue weighted by atomic mass is 32.2.